The highest BCUT2D eigenvalue weighted by molar-refractivity contribution is 7.92. The zero-order valence-electron chi connectivity index (χ0n) is 29.6. The minimum atomic E-state index is -3.83. The second-order valence-corrected chi connectivity index (χ2v) is 15.8. The number of Topliss-reactive ketones (excluding diaryl/α,β-unsaturated/α-hetero) is 1. The SMILES string of the molecule is CS(=O)(=O)N(Cc1ccccc1)c1cc(C(=O)CN(CCOc2ccc3c(c2)sc2ccccc23)C(=O)c2ccccc2)ccc1OCc1ccccc1. The van der Waals surface area contributed by atoms with E-state index < -0.39 is 10.0 Å². The molecular weight excluding hydrogens is 717 g/mol. The fourth-order valence-corrected chi connectivity index (χ4v) is 8.24. The van der Waals surface area contributed by atoms with Crippen molar-refractivity contribution in [1.82, 2.24) is 4.90 Å². The van der Waals surface area contributed by atoms with Gasteiger partial charge in [-0.2, -0.15) is 0 Å². The van der Waals surface area contributed by atoms with Gasteiger partial charge in [-0.15, -0.1) is 11.3 Å². The predicted octanol–water partition coefficient (Wildman–Crippen LogP) is 9.00. The third kappa shape index (κ3) is 8.62. The molecule has 0 unspecified atom stereocenters. The zero-order valence-corrected chi connectivity index (χ0v) is 31.3. The van der Waals surface area contributed by atoms with Gasteiger partial charge in [-0.05, 0) is 65.7 Å². The van der Waals surface area contributed by atoms with Crippen LogP contribution in [0.25, 0.3) is 20.2 Å². The molecule has 7 aromatic rings. The minimum absolute atomic E-state index is 0.0300. The van der Waals surface area contributed by atoms with Crippen molar-refractivity contribution in [2.24, 2.45) is 0 Å². The van der Waals surface area contributed by atoms with Crippen LogP contribution >= 0.6 is 11.3 Å². The minimum Gasteiger partial charge on any atom is -0.492 e. The van der Waals surface area contributed by atoms with Gasteiger partial charge in [0, 0.05) is 31.3 Å². The molecule has 54 heavy (non-hydrogen) atoms. The molecule has 0 aliphatic rings. The number of fused-ring (bicyclic) bond motifs is 3. The summed E-state index contributed by atoms with van der Waals surface area (Å²) in [5.41, 5.74) is 2.57. The maximum Gasteiger partial charge on any atom is 0.254 e. The van der Waals surface area contributed by atoms with Crippen molar-refractivity contribution in [2.45, 2.75) is 13.2 Å². The van der Waals surface area contributed by atoms with E-state index >= 15 is 0 Å². The molecule has 0 saturated carbocycles. The quantitative estimate of drug-likeness (QED) is 0.0971. The lowest BCUT2D eigenvalue weighted by Gasteiger charge is -2.26. The summed E-state index contributed by atoms with van der Waals surface area (Å²) in [6.45, 7) is 0.256. The monoisotopic (exact) mass is 754 g/mol. The molecule has 6 aromatic carbocycles. The highest BCUT2D eigenvalue weighted by Gasteiger charge is 2.25. The van der Waals surface area contributed by atoms with Crippen LogP contribution in [-0.4, -0.2) is 51.0 Å². The largest absolute Gasteiger partial charge is 0.492 e. The van der Waals surface area contributed by atoms with Gasteiger partial charge < -0.3 is 14.4 Å². The smallest absolute Gasteiger partial charge is 0.254 e. The number of hydrogen-bond donors (Lipinski definition) is 0. The standard InChI is InChI=1S/C44H38N2O6S2/c1-54(49,50)46(29-32-13-5-2-6-14-32)39-27-35(21-24-41(39)52-31-33-15-7-3-8-16-33)40(47)30-45(44(48)34-17-9-4-10-18-34)25-26-51-36-22-23-38-37-19-11-12-20-42(37)53-43(38)28-36/h2-24,27-28H,25-26,29-31H2,1H3. The first-order chi connectivity index (χ1) is 26.2. The van der Waals surface area contributed by atoms with E-state index in [0.717, 1.165) is 27.5 Å². The van der Waals surface area contributed by atoms with Crippen molar-refractivity contribution >= 4 is 58.9 Å². The van der Waals surface area contributed by atoms with E-state index in [-0.39, 0.29) is 55.8 Å². The summed E-state index contributed by atoms with van der Waals surface area (Å²) in [6, 6.07) is 46.5. The molecule has 272 valence electrons. The van der Waals surface area contributed by atoms with E-state index in [4.69, 9.17) is 9.47 Å². The van der Waals surface area contributed by atoms with Crippen LogP contribution in [0, 0.1) is 0 Å². The van der Waals surface area contributed by atoms with Crippen LogP contribution in [0.15, 0.2) is 152 Å². The molecule has 7 rings (SSSR count). The molecule has 10 heteroatoms. The molecule has 1 amide bonds. The lowest BCUT2D eigenvalue weighted by molar-refractivity contribution is 0.0686. The zero-order chi connectivity index (χ0) is 37.5. The molecule has 0 saturated heterocycles. The topological polar surface area (TPSA) is 93.2 Å². The van der Waals surface area contributed by atoms with Crippen molar-refractivity contribution in [3.63, 3.8) is 0 Å². The first-order valence-electron chi connectivity index (χ1n) is 17.5. The number of benzene rings is 6. The highest BCUT2D eigenvalue weighted by atomic mass is 32.2. The molecule has 0 aliphatic carbocycles. The maximum atomic E-state index is 14.1. The lowest BCUT2D eigenvalue weighted by atomic mass is 10.1. The van der Waals surface area contributed by atoms with Crippen LogP contribution in [0.1, 0.15) is 31.8 Å². The Morgan fingerprint density at radius 1 is 0.648 bits per heavy atom. The summed E-state index contributed by atoms with van der Waals surface area (Å²) < 4.78 is 42.6. The van der Waals surface area contributed by atoms with Gasteiger partial charge in [-0.25, -0.2) is 8.42 Å². The summed E-state index contributed by atoms with van der Waals surface area (Å²) in [4.78, 5) is 29.4. The number of carbonyl (C=O) groups is 2. The Morgan fingerprint density at radius 3 is 2.02 bits per heavy atom. The second-order valence-electron chi connectivity index (χ2n) is 12.8. The lowest BCUT2D eigenvalue weighted by Crippen LogP contribution is -2.38. The number of hydrogen-bond acceptors (Lipinski definition) is 7. The van der Waals surface area contributed by atoms with Crippen molar-refractivity contribution in [2.75, 3.05) is 30.3 Å². The van der Waals surface area contributed by atoms with Gasteiger partial charge in [-0.3, -0.25) is 13.9 Å². The van der Waals surface area contributed by atoms with Crippen LogP contribution in [-0.2, 0) is 23.2 Å². The number of ether oxygens (including phenoxy) is 2. The molecule has 0 N–H and O–H groups in total. The van der Waals surface area contributed by atoms with Crippen molar-refractivity contribution < 1.29 is 27.5 Å². The summed E-state index contributed by atoms with van der Waals surface area (Å²) in [5, 5.41) is 2.35. The number of rotatable bonds is 15. The number of sulfonamides is 1. The molecule has 1 heterocycles. The Kier molecular flexibility index (Phi) is 11.0. The van der Waals surface area contributed by atoms with E-state index in [1.54, 1.807) is 47.7 Å². The third-order valence-corrected chi connectivity index (χ3v) is 11.2. The van der Waals surface area contributed by atoms with E-state index in [2.05, 4.69) is 12.1 Å². The number of nitrogens with zero attached hydrogens (tertiary/aromatic N) is 2. The molecule has 8 nitrogen and oxygen atoms in total. The summed E-state index contributed by atoms with van der Waals surface area (Å²) in [6.07, 6.45) is 1.13. The van der Waals surface area contributed by atoms with Gasteiger partial charge in [-0.1, -0.05) is 97.1 Å². The molecule has 1 aromatic heterocycles. The predicted molar refractivity (Wildman–Crippen MR) is 216 cm³/mol. The molecule has 0 bridgehead atoms. The number of ketones is 1. The Balaban J connectivity index is 1.15. The van der Waals surface area contributed by atoms with Crippen LogP contribution < -0.4 is 13.8 Å². The van der Waals surface area contributed by atoms with Crippen molar-refractivity contribution in [3.8, 4) is 11.5 Å². The third-order valence-electron chi connectivity index (χ3n) is 8.98. The Labute approximate surface area is 318 Å². The Morgan fingerprint density at radius 2 is 1.30 bits per heavy atom. The maximum absolute atomic E-state index is 14.1. The van der Waals surface area contributed by atoms with Crippen LogP contribution in [0.4, 0.5) is 5.69 Å². The molecule has 0 fully saturated rings. The molecule has 0 atom stereocenters. The van der Waals surface area contributed by atoms with E-state index in [9.17, 15) is 18.0 Å². The van der Waals surface area contributed by atoms with E-state index in [1.807, 2.05) is 97.1 Å². The van der Waals surface area contributed by atoms with Crippen molar-refractivity contribution in [3.05, 3.63) is 174 Å². The average Bonchev–Trinajstić information content (AvgIpc) is 3.57. The fraction of sp³-hybridized carbons (Fsp3) is 0.136. The van der Waals surface area contributed by atoms with E-state index in [0.29, 0.717) is 17.1 Å². The van der Waals surface area contributed by atoms with Gasteiger partial charge in [0.2, 0.25) is 10.0 Å². The number of carbonyl (C=O) groups excluding carboxylic acids is 2. The van der Waals surface area contributed by atoms with Crippen LogP contribution in [0.5, 0.6) is 11.5 Å². The van der Waals surface area contributed by atoms with E-state index in [1.165, 1.54) is 25.4 Å². The van der Waals surface area contributed by atoms with Gasteiger partial charge in [0.1, 0.15) is 24.7 Å². The average molecular weight is 755 g/mol. The number of amides is 1. The molecule has 0 radical (unpaired) electrons. The first kappa shape index (κ1) is 36.4. The summed E-state index contributed by atoms with van der Waals surface area (Å²) >= 11 is 1.69. The first-order valence-corrected chi connectivity index (χ1v) is 20.1. The second kappa shape index (κ2) is 16.4. The highest BCUT2D eigenvalue weighted by Crippen LogP contribution is 2.36. The molecular formula is C44H38N2O6S2. The normalized spacial score (nSPS) is 11.4. The van der Waals surface area contributed by atoms with Gasteiger partial charge in [0.25, 0.3) is 5.91 Å². The van der Waals surface area contributed by atoms with Gasteiger partial charge in [0.15, 0.2) is 5.78 Å². The van der Waals surface area contributed by atoms with Gasteiger partial charge >= 0.3 is 0 Å². The van der Waals surface area contributed by atoms with Crippen molar-refractivity contribution in [1.29, 1.82) is 0 Å². The molecule has 0 aliphatic heterocycles. The number of thiophene rings is 1. The summed E-state index contributed by atoms with van der Waals surface area (Å²) in [7, 11) is -3.83. The van der Waals surface area contributed by atoms with Gasteiger partial charge in [0.05, 0.1) is 31.6 Å². The molecule has 0 spiro atoms. The summed E-state index contributed by atoms with van der Waals surface area (Å²) in [5.74, 6) is 0.285. The Bertz CT molecular complexity index is 2510. The fourth-order valence-electron chi connectivity index (χ4n) is 6.22. The Hall–Kier alpha value is -5.97. The van der Waals surface area contributed by atoms with Crippen LogP contribution in [0.2, 0.25) is 0 Å². The van der Waals surface area contributed by atoms with Crippen LogP contribution in [0.3, 0.4) is 0 Å². The number of anilines is 1.